The molecule has 2 fully saturated rings. The molecule has 3 amide bonds. The molecule has 2 atom stereocenters. The SMILES string of the molecule is CC(C)(C)OC(=O)N[C@@H](Cc1cnc[nH]1)C(=O)N1CCC(c2nc(-c3ccc4c(c3)C(C)(C)CCC4(C)C)cs2)CC1.CC1(C)CCC(C)(C)c2cc(-c3csc(C4CCN(C(=O)[C@@H](N)Cc5cnc[nH]5)CC4)n3)ccc21.Cl. The van der Waals surface area contributed by atoms with Gasteiger partial charge in [-0.3, -0.25) is 9.59 Å². The summed E-state index contributed by atoms with van der Waals surface area (Å²) >= 11 is 3.48. The molecule has 10 rings (SSSR count). The van der Waals surface area contributed by atoms with Crippen LogP contribution in [0.3, 0.4) is 0 Å². The molecule has 0 radical (unpaired) electrons. The molecule has 0 spiro atoms. The van der Waals surface area contributed by atoms with Crippen LogP contribution in [0.15, 0.2) is 72.2 Å². The summed E-state index contributed by atoms with van der Waals surface area (Å²) in [5.74, 6) is 0.631. The van der Waals surface area contributed by atoms with Gasteiger partial charge in [0, 0.05) is 96.5 Å². The normalized spacial score (nSPS) is 19.5. The molecular weight excluding hydrogens is 1040 g/mol. The minimum Gasteiger partial charge on any atom is -0.444 e. The molecule has 14 nitrogen and oxygen atoms in total. The van der Waals surface area contributed by atoms with Gasteiger partial charge < -0.3 is 35.6 Å². The van der Waals surface area contributed by atoms with Crippen LogP contribution in [-0.2, 0) is 48.8 Å². The summed E-state index contributed by atoms with van der Waals surface area (Å²) in [5, 5.41) is 9.50. The number of benzene rings is 2. The minimum absolute atomic E-state index is 0. The Kier molecular flexibility index (Phi) is 17.6. The number of carbonyl (C=O) groups excluding carboxylic acids is 3. The standard InChI is InChI=1S/C33H45N5O3S.C28H37N5OS.ClH/c1-31(2,3)41-30(40)37-26(17-23-18-34-20-35-23)29(39)38-14-10-21(11-15-38)28-36-27(19-42-28)22-8-9-24-25(16-22)33(6,7)13-12-32(24,4)5;1-27(2)9-10-28(3,4)22-13-19(5-6-21(22)27)24-16-35-25(32-24)18-7-11-33(12-8-18)26(34)23(29)14-20-15-30-17-31-20;/h8-9,16,18-21,26H,10-15,17H2,1-7H3,(H,34,35)(H,37,40);5-6,13,15-18,23H,7-12,14,29H2,1-4H3,(H,30,31);1H/t26-;23-;/m00./s1. The Bertz CT molecular complexity index is 3010. The van der Waals surface area contributed by atoms with Crippen molar-refractivity contribution in [2.45, 2.75) is 192 Å². The van der Waals surface area contributed by atoms with Crippen LogP contribution in [0.1, 0.15) is 183 Å². The van der Waals surface area contributed by atoms with Crippen molar-refractivity contribution >= 4 is 53.0 Å². The number of alkyl carbamates (subject to hydrolysis) is 1. The summed E-state index contributed by atoms with van der Waals surface area (Å²) in [4.78, 5) is 67.0. The number of hydrogen-bond donors (Lipinski definition) is 4. The number of imidazole rings is 2. The lowest BCUT2D eigenvalue weighted by molar-refractivity contribution is -0.135. The Balaban J connectivity index is 0.000000206. The van der Waals surface area contributed by atoms with Crippen molar-refractivity contribution in [1.82, 2.24) is 45.0 Å². The number of likely N-dealkylation sites (tertiary alicyclic amines) is 2. The van der Waals surface area contributed by atoms with E-state index in [2.05, 4.69) is 128 Å². The highest BCUT2D eigenvalue weighted by Gasteiger charge is 2.39. The average molecular weight is 1120 g/mol. The van der Waals surface area contributed by atoms with Gasteiger partial charge in [0.25, 0.3) is 0 Å². The van der Waals surface area contributed by atoms with E-state index in [1.165, 1.54) is 64.1 Å². The molecule has 0 saturated carbocycles. The van der Waals surface area contributed by atoms with Crippen LogP contribution < -0.4 is 11.1 Å². The number of aromatic amines is 2. The molecular formula is C61H83ClN10O4S2. The predicted octanol–water partition coefficient (Wildman–Crippen LogP) is 12.3. The van der Waals surface area contributed by atoms with Gasteiger partial charge in [-0.1, -0.05) is 79.7 Å². The van der Waals surface area contributed by atoms with Gasteiger partial charge >= 0.3 is 6.09 Å². The first-order valence-corrected chi connectivity index (χ1v) is 29.6. The van der Waals surface area contributed by atoms with Crippen LogP contribution in [0.5, 0.6) is 0 Å². The molecule has 78 heavy (non-hydrogen) atoms. The zero-order valence-corrected chi connectivity index (χ0v) is 50.2. The van der Waals surface area contributed by atoms with Gasteiger partial charge in [-0.25, -0.2) is 24.7 Å². The number of carbonyl (C=O) groups is 3. The van der Waals surface area contributed by atoms with Crippen molar-refractivity contribution in [3.8, 4) is 22.5 Å². The zero-order valence-electron chi connectivity index (χ0n) is 47.8. The quantitative estimate of drug-likeness (QED) is 0.0979. The molecule has 2 aliphatic carbocycles. The Hall–Kier alpha value is -5.42. The summed E-state index contributed by atoms with van der Waals surface area (Å²) in [6, 6.07) is 12.6. The smallest absolute Gasteiger partial charge is 0.408 e. The molecule has 0 bridgehead atoms. The fraction of sp³-hybridized carbons (Fsp3) is 0.557. The van der Waals surface area contributed by atoms with Crippen molar-refractivity contribution in [1.29, 1.82) is 0 Å². The minimum atomic E-state index is -0.735. The monoisotopic (exact) mass is 1120 g/mol. The van der Waals surface area contributed by atoms with Crippen LogP contribution in [0.25, 0.3) is 22.5 Å². The van der Waals surface area contributed by atoms with Gasteiger partial charge in [0.15, 0.2) is 0 Å². The first-order valence-electron chi connectivity index (χ1n) is 27.8. The van der Waals surface area contributed by atoms with E-state index in [0.717, 1.165) is 66.6 Å². The highest BCUT2D eigenvalue weighted by Crippen LogP contribution is 2.49. The Morgan fingerprint density at radius 2 is 1.06 bits per heavy atom. The molecule has 420 valence electrons. The van der Waals surface area contributed by atoms with Crippen molar-refractivity contribution in [3.63, 3.8) is 0 Å². The van der Waals surface area contributed by atoms with E-state index in [-0.39, 0.29) is 45.9 Å². The number of H-pyrrole nitrogens is 2. The molecule has 17 heteroatoms. The third-order valence-corrected chi connectivity index (χ3v) is 18.9. The van der Waals surface area contributed by atoms with Crippen LogP contribution in [0.2, 0.25) is 0 Å². The highest BCUT2D eigenvalue weighted by atomic mass is 35.5. The van der Waals surface area contributed by atoms with E-state index in [4.69, 9.17) is 20.4 Å². The lowest BCUT2D eigenvalue weighted by atomic mass is 9.63. The van der Waals surface area contributed by atoms with E-state index < -0.39 is 23.8 Å². The van der Waals surface area contributed by atoms with Crippen LogP contribution in [-0.4, -0.2) is 101 Å². The molecule has 2 saturated heterocycles. The number of nitrogens with two attached hydrogens (primary N) is 1. The number of ether oxygens (including phenoxy) is 1. The maximum Gasteiger partial charge on any atom is 0.408 e. The third-order valence-electron chi connectivity index (χ3n) is 16.9. The average Bonchev–Trinajstić information content (AvgIpc) is 4.33. The van der Waals surface area contributed by atoms with E-state index in [1.54, 1.807) is 68.5 Å². The molecule has 0 unspecified atom stereocenters. The second kappa shape index (κ2) is 23.3. The van der Waals surface area contributed by atoms with E-state index in [9.17, 15) is 14.4 Å². The number of halogens is 1. The summed E-state index contributed by atoms with van der Waals surface area (Å²) in [6.45, 7) is 27.0. The molecule has 5 N–H and O–H groups in total. The number of rotatable bonds is 11. The number of nitrogens with zero attached hydrogens (tertiary/aromatic N) is 6. The van der Waals surface area contributed by atoms with Gasteiger partial charge in [0.05, 0.1) is 40.1 Å². The van der Waals surface area contributed by atoms with Crippen molar-refractivity contribution in [3.05, 3.63) is 116 Å². The second-order valence-corrected chi connectivity index (χ2v) is 27.5. The van der Waals surface area contributed by atoms with Crippen LogP contribution in [0.4, 0.5) is 4.79 Å². The topological polar surface area (TPSA) is 188 Å². The first kappa shape index (κ1) is 58.7. The van der Waals surface area contributed by atoms with Crippen molar-refractivity contribution < 1.29 is 19.1 Å². The molecule has 6 heterocycles. The Labute approximate surface area is 476 Å². The Morgan fingerprint density at radius 1 is 0.654 bits per heavy atom. The maximum atomic E-state index is 13.6. The lowest BCUT2D eigenvalue weighted by Gasteiger charge is -2.42. The second-order valence-electron chi connectivity index (χ2n) is 25.8. The summed E-state index contributed by atoms with van der Waals surface area (Å²) in [5.41, 5.74) is 18.4. The maximum absolute atomic E-state index is 13.6. The molecule has 4 aliphatic rings. The molecule has 2 aromatic carbocycles. The van der Waals surface area contributed by atoms with Gasteiger partial charge in [-0.2, -0.15) is 0 Å². The molecule has 6 aromatic rings. The van der Waals surface area contributed by atoms with E-state index in [0.29, 0.717) is 37.8 Å². The Morgan fingerprint density at radius 3 is 1.47 bits per heavy atom. The number of aromatic nitrogens is 6. The van der Waals surface area contributed by atoms with E-state index >= 15 is 0 Å². The van der Waals surface area contributed by atoms with Gasteiger partial charge in [-0.05, 0) is 128 Å². The van der Waals surface area contributed by atoms with Gasteiger partial charge in [-0.15, -0.1) is 35.1 Å². The summed E-state index contributed by atoms with van der Waals surface area (Å²) in [6.07, 6.45) is 15.2. The first-order chi connectivity index (χ1) is 36.4. The lowest BCUT2D eigenvalue weighted by Crippen LogP contribution is -2.52. The fourth-order valence-electron chi connectivity index (χ4n) is 11.8. The molecule has 2 aliphatic heterocycles. The van der Waals surface area contributed by atoms with Gasteiger partial charge in [0.2, 0.25) is 11.8 Å². The largest absolute Gasteiger partial charge is 0.444 e. The van der Waals surface area contributed by atoms with Crippen molar-refractivity contribution in [2.75, 3.05) is 26.2 Å². The third kappa shape index (κ3) is 13.4. The summed E-state index contributed by atoms with van der Waals surface area (Å²) < 4.78 is 5.44. The number of piperidine rings is 2. The zero-order chi connectivity index (χ0) is 55.1. The number of nitrogens with one attached hydrogen (secondary N) is 3. The predicted molar refractivity (Wildman–Crippen MR) is 316 cm³/mol. The number of fused-ring (bicyclic) bond motifs is 2. The highest BCUT2D eigenvalue weighted by molar-refractivity contribution is 7.10. The number of thiazole rings is 2. The number of hydrogen-bond acceptors (Lipinski definition) is 11. The van der Waals surface area contributed by atoms with Crippen LogP contribution >= 0.6 is 35.1 Å². The molecule has 4 aromatic heterocycles. The van der Waals surface area contributed by atoms with Crippen molar-refractivity contribution in [2.24, 2.45) is 5.73 Å². The van der Waals surface area contributed by atoms with Gasteiger partial charge in [0.1, 0.15) is 11.6 Å². The summed E-state index contributed by atoms with van der Waals surface area (Å²) in [7, 11) is 0. The number of amides is 3. The van der Waals surface area contributed by atoms with Crippen LogP contribution in [0, 0.1) is 0 Å². The fourth-order valence-corrected chi connectivity index (χ4v) is 13.8. The van der Waals surface area contributed by atoms with E-state index in [1.807, 2.05) is 9.80 Å².